The number of anilines is 1. The average molecular weight is 368 g/mol. The van der Waals surface area contributed by atoms with Gasteiger partial charge in [0.15, 0.2) is 0 Å². The Balaban J connectivity index is 1.74. The maximum atomic E-state index is 12.9. The van der Waals surface area contributed by atoms with Crippen LogP contribution >= 0.6 is 0 Å². The van der Waals surface area contributed by atoms with Crippen LogP contribution < -0.4 is 15.4 Å². The number of amides is 1. The van der Waals surface area contributed by atoms with Gasteiger partial charge in [-0.3, -0.25) is 9.59 Å². The summed E-state index contributed by atoms with van der Waals surface area (Å²) in [4.78, 5) is 24.7. The van der Waals surface area contributed by atoms with Crippen molar-refractivity contribution in [2.45, 2.75) is 31.8 Å². The summed E-state index contributed by atoms with van der Waals surface area (Å²) in [7, 11) is 2.93. The summed E-state index contributed by atoms with van der Waals surface area (Å²) in [5.74, 6) is 0.190. The van der Waals surface area contributed by atoms with Crippen LogP contribution in [0.1, 0.15) is 29.2 Å². The monoisotopic (exact) mass is 368 g/mol. The van der Waals surface area contributed by atoms with E-state index in [4.69, 9.17) is 9.47 Å². The number of nitrogens with one attached hydrogen (secondary N) is 2. The van der Waals surface area contributed by atoms with Crippen LogP contribution in [0, 0.1) is 6.92 Å². The highest BCUT2D eigenvalue weighted by atomic mass is 16.5. The first-order chi connectivity index (χ1) is 13.0. The summed E-state index contributed by atoms with van der Waals surface area (Å²) < 4.78 is 9.96. The molecule has 142 valence electrons. The zero-order chi connectivity index (χ0) is 19.4. The van der Waals surface area contributed by atoms with Crippen molar-refractivity contribution in [3.05, 3.63) is 59.2 Å². The molecule has 6 heteroatoms. The summed E-state index contributed by atoms with van der Waals surface area (Å²) in [5, 5.41) is 6.29. The van der Waals surface area contributed by atoms with Gasteiger partial charge in [-0.25, -0.2) is 0 Å². The first kappa shape index (κ1) is 18.8. The zero-order valence-electron chi connectivity index (χ0n) is 15.7. The average Bonchev–Trinajstić information content (AvgIpc) is 3.13. The van der Waals surface area contributed by atoms with Crippen LogP contribution in [0.15, 0.2) is 42.5 Å². The number of rotatable bonds is 6. The van der Waals surface area contributed by atoms with E-state index in [2.05, 4.69) is 10.6 Å². The molecule has 2 atom stereocenters. The lowest BCUT2D eigenvalue weighted by Crippen LogP contribution is -2.41. The number of benzene rings is 2. The molecule has 2 unspecified atom stereocenters. The molecule has 0 aromatic heterocycles. The third-order valence-corrected chi connectivity index (χ3v) is 4.85. The normalized spacial score (nSPS) is 16.0. The fourth-order valence-corrected chi connectivity index (χ4v) is 3.32. The zero-order valence-corrected chi connectivity index (χ0v) is 15.7. The molecule has 0 radical (unpaired) electrons. The van der Waals surface area contributed by atoms with Crippen LogP contribution in [0.5, 0.6) is 5.75 Å². The van der Waals surface area contributed by atoms with E-state index < -0.39 is 6.04 Å². The topological polar surface area (TPSA) is 76.7 Å². The Bertz CT molecular complexity index is 833. The van der Waals surface area contributed by atoms with Gasteiger partial charge in [-0.05, 0) is 35.7 Å². The lowest BCUT2D eigenvalue weighted by molar-refractivity contribution is -0.141. The Morgan fingerprint density at radius 2 is 1.93 bits per heavy atom. The summed E-state index contributed by atoms with van der Waals surface area (Å²) >= 11 is 0. The van der Waals surface area contributed by atoms with Gasteiger partial charge >= 0.3 is 5.97 Å². The lowest BCUT2D eigenvalue weighted by Gasteiger charge is -2.21. The van der Waals surface area contributed by atoms with Gasteiger partial charge < -0.3 is 20.1 Å². The molecule has 0 bridgehead atoms. The van der Waals surface area contributed by atoms with Crippen LogP contribution in [-0.2, 0) is 20.7 Å². The first-order valence-corrected chi connectivity index (χ1v) is 8.88. The van der Waals surface area contributed by atoms with E-state index in [1.165, 1.54) is 7.11 Å². The number of ether oxygens (including phenoxy) is 2. The highest BCUT2D eigenvalue weighted by Gasteiger charge is 2.30. The molecule has 6 nitrogen and oxygen atoms in total. The molecule has 2 aromatic rings. The van der Waals surface area contributed by atoms with Gasteiger partial charge in [0.2, 0.25) is 5.91 Å². The molecule has 0 saturated heterocycles. The summed E-state index contributed by atoms with van der Waals surface area (Å²) in [5.41, 5.74) is 4.08. The molecule has 0 spiro atoms. The van der Waals surface area contributed by atoms with Crippen molar-refractivity contribution in [2.75, 3.05) is 19.5 Å². The van der Waals surface area contributed by atoms with E-state index in [0.717, 1.165) is 22.4 Å². The van der Waals surface area contributed by atoms with Crippen molar-refractivity contribution in [2.24, 2.45) is 0 Å². The molecule has 0 saturated carbocycles. The minimum atomic E-state index is -0.470. The van der Waals surface area contributed by atoms with E-state index in [9.17, 15) is 9.59 Å². The van der Waals surface area contributed by atoms with Crippen molar-refractivity contribution in [3.63, 3.8) is 0 Å². The molecule has 1 aliphatic heterocycles. The van der Waals surface area contributed by atoms with Gasteiger partial charge in [0, 0.05) is 12.1 Å². The Hall–Kier alpha value is -3.02. The number of para-hydroxylation sites is 1. The van der Waals surface area contributed by atoms with Crippen molar-refractivity contribution in [1.29, 1.82) is 0 Å². The fourth-order valence-electron chi connectivity index (χ4n) is 3.32. The number of methoxy groups -OCH3 is 2. The maximum Gasteiger partial charge on any atom is 0.307 e. The van der Waals surface area contributed by atoms with E-state index in [1.807, 2.05) is 37.3 Å². The Labute approximate surface area is 158 Å². The molecule has 1 aliphatic rings. The predicted molar refractivity (Wildman–Crippen MR) is 103 cm³/mol. The number of hydrogen-bond donors (Lipinski definition) is 2. The van der Waals surface area contributed by atoms with Gasteiger partial charge in [-0.1, -0.05) is 30.3 Å². The molecular formula is C21H24N2O4. The van der Waals surface area contributed by atoms with Crippen molar-refractivity contribution < 1.29 is 19.1 Å². The second-order valence-corrected chi connectivity index (χ2v) is 6.62. The van der Waals surface area contributed by atoms with Gasteiger partial charge in [-0.2, -0.15) is 0 Å². The number of carbonyl (C=O) groups is 2. The molecule has 0 aliphatic carbocycles. The summed E-state index contributed by atoms with van der Waals surface area (Å²) in [6.45, 7) is 2.02. The van der Waals surface area contributed by atoms with Crippen LogP contribution in [-0.4, -0.2) is 32.1 Å². The molecular weight excluding hydrogens is 344 g/mol. The summed E-state index contributed by atoms with van der Waals surface area (Å²) in [6.07, 6.45) is 0.684. The molecule has 1 amide bonds. The van der Waals surface area contributed by atoms with Gasteiger partial charge in [0.05, 0.1) is 26.7 Å². The van der Waals surface area contributed by atoms with Gasteiger partial charge in [-0.15, -0.1) is 0 Å². The van der Waals surface area contributed by atoms with E-state index in [-0.39, 0.29) is 24.3 Å². The molecule has 0 fully saturated rings. The summed E-state index contributed by atoms with van der Waals surface area (Å²) in [6, 6.07) is 12.5. The number of carbonyl (C=O) groups excluding carboxylic acids is 2. The molecule has 2 aromatic carbocycles. The van der Waals surface area contributed by atoms with Crippen LogP contribution in [0.25, 0.3) is 0 Å². The van der Waals surface area contributed by atoms with Gasteiger partial charge in [0.25, 0.3) is 0 Å². The Morgan fingerprint density at radius 3 is 2.56 bits per heavy atom. The van der Waals surface area contributed by atoms with E-state index in [1.54, 1.807) is 19.2 Å². The SMILES string of the molecule is COC(=O)CC(NC(=O)C1Cc2cccc(C)c2N1)c1ccc(OC)cc1. The minimum absolute atomic E-state index is 0.0628. The quantitative estimate of drug-likeness (QED) is 0.767. The van der Waals surface area contributed by atoms with Crippen molar-refractivity contribution in [1.82, 2.24) is 5.32 Å². The van der Waals surface area contributed by atoms with Crippen LogP contribution in [0.4, 0.5) is 5.69 Å². The maximum absolute atomic E-state index is 12.9. The fraction of sp³-hybridized carbons (Fsp3) is 0.333. The van der Waals surface area contributed by atoms with Gasteiger partial charge in [0.1, 0.15) is 11.8 Å². The minimum Gasteiger partial charge on any atom is -0.497 e. The first-order valence-electron chi connectivity index (χ1n) is 8.88. The molecule has 3 rings (SSSR count). The molecule has 1 heterocycles. The third kappa shape index (κ3) is 4.22. The van der Waals surface area contributed by atoms with Crippen LogP contribution in [0.2, 0.25) is 0 Å². The standard InChI is InChI=1S/C21H24N2O4/c1-13-5-4-6-15-11-18(22-20(13)15)21(25)23-17(12-19(24)27-3)14-7-9-16(26-2)10-8-14/h4-10,17-18,22H,11-12H2,1-3H3,(H,23,25). The second-order valence-electron chi connectivity index (χ2n) is 6.62. The lowest BCUT2D eigenvalue weighted by atomic mass is 10.0. The molecule has 27 heavy (non-hydrogen) atoms. The molecule has 2 N–H and O–H groups in total. The van der Waals surface area contributed by atoms with Crippen molar-refractivity contribution >= 4 is 17.6 Å². The number of esters is 1. The van der Waals surface area contributed by atoms with Crippen molar-refractivity contribution in [3.8, 4) is 5.75 Å². The van der Waals surface area contributed by atoms with Crippen LogP contribution in [0.3, 0.4) is 0 Å². The second kappa shape index (κ2) is 8.12. The smallest absolute Gasteiger partial charge is 0.307 e. The number of fused-ring (bicyclic) bond motifs is 1. The highest BCUT2D eigenvalue weighted by Crippen LogP contribution is 2.29. The number of aryl methyl sites for hydroxylation is 1. The largest absolute Gasteiger partial charge is 0.497 e. The Morgan fingerprint density at radius 1 is 1.19 bits per heavy atom. The van der Waals surface area contributed by atoms with E-state index >= 15 is 0 Å². The highest BCUT2D eigenvalue weighted by molar-refractivity contribution is 5.88. The third-order valence-electron chi connectivity index (χ3n) is 4.85. The Kier molecular flexibility index (Phi) is 5.64. The van der Waals surface area contributed by atoms with E-state index in [0.29, 0.717) is 12.2 Å². The predicted octanol–water partition coefficient (Wildman–Crippen LogP) is 2.76. The number of hydrogen-bond acceptors (Lipinski definition) is 5.